The topological polar surface area (TPSA) is 140 Å². The number of Topliss-reactive ketones (excluding diaryl/α,β-unsaturated/α-hetero) is 1. The van der Waals surface area contributed by atoms with Crippen LogP contribution in [-0.2, 0) is 35.3 Å². The average molecular weight is 560 g/mol. The third kappa shape index (κ3) is 11.5. The van der Waals surface area contributed by atoms with Gasteiger partial charge in [0.15, 0.2) is 0 Å². The molecule has 222 valence electrons. The normalized spacial score (nSPS) is 18.4. The van der Waals surface area contributed by atoms with Crippen molar-refractivity contribution in [3.05, 3.63) is 35.9 Å². The molecule has 40 heavy (non-hydrogen) atoms. The summed E-state index contributed by atoms with van der Waals surface area (Å²) in [5.41, 5.74) is 0.173. The quantitative estimate of drug-likeness (QED) is 0.297. The van der Waals surface area contributed by atoms with Crippen LogP contribution >= 0.6 is 0 Å². The number of rotatable bonds is 14. The summed E-state index contributed by atoms with van der Waals surface area (Å²) in [4.78, 5) is 63.2. The largest absolute Gasteiger partial charge is 0.445 e. The van der Waals surface area contributed by atoms with Crippen LogP contribution in [0.15, 0.2) is 30.3 Å². The lowest BCUT2D eigenvalue weighted by molar-refractivity contribution is -0.136. The maximum Gasteiger partial charge on any atom is 0.408 e. The summed E-state index contributed by atoms with van der Waals surface area (Å²) >= 11 is 0. The highest BCUT2D eigenvalue weighted by molar-refractivity contribution is 5.92. The Bertz CT molecular complexity index is 1010. The summed E-state index contributed by atoms with van der Waals surface area (Å²) in [7, 11) is 0. The van der Waals surface area contributed by atoms with E-state index in [0.717, 1.165) is 12.0 Å². The summed E-state index contributed by atoms with van der Waals surface area (Å²) in [6.45, 7) is 11.0. The minimum Gasteiger partial charge on any atom is -0.445 e. The van der Waals surface area contributed by atoms with Crippen LogP contribution in [0.5, 0.6) is 0 Å². The molecular weight excluding hydrogens is 514 g/mol. The molecule has 0 saturated heterocycles. The number of hydrogen-bond donors (Lipinski definition) is 3. The predicted octanol–water partition coefficient (Wildman–Crippen LogP) is 3.46. The second-order valence-corrected chi connectivity index (χ2v) is 11.9. The van der Waals surface area contributed by atoms with E-state index < -0.39 is 47.7 Å². The third-order valence-corrected chi connectivity index (χ3v) is 6.58. The Morgan fingerprint density at radius 2 is 1.70 bits per heavy atom. The van der Waals surface area contributed by atoms with Crippen molar-refractivity contribution in [3.8, 4) is 0 Å². The minimum absolute atomic E-state index is 0.0183. The second kappa shape index (κ2) is 15.5. The van der Waals surface area contributed by atoms with Crippen molar-refractivity contribution >= 4 is 30.0 Å². The van der Waals surface area contributed by atoms with Crippen LogP contribution in [0, 0.1) is 11.8 Å². The first-order valence-electron chi connectivity index (χ1n) is 14.0. The van der Waals surface area contributed by atoms with Gasteiger partial charge in [0.05, 0.1) is 17.7 Å². The number of benzene rings is 1. The summed E-state index contributed by atoms with van der Waals surface area (Å²) in [6.07, 6.45) is 1.58. The van der Waals surface area contributed by atoms with Gasteiger partial charge in [-0.3, -0.25) is 14.4 Å². The lowest BCUT2D eigenvalue weighted by Crippen LogP contribution is -2.59. The maximum atomic E-state index is 13.5. The van der Waals surface area contributed by atoms with Gasteiger partial charge in [-0.15, -0.1) is 0 Å². The highest BCUT2D eigenvalue weighted by Crippen LogP contribution is 2.25. The average Bonchev–Trinajstić information content (AvgIpc) is 3.28. The van der Waals surface area contributed by atoms with Crippen LogP contribution in [0.1, 0.15) is 79.2 Å². The zero-order valence-corrected chi connectivity index (χ0v) is 24.5. The van der Waals surface area contributed by atoms with Gasteiger partial charge in [-0.25, -0.2) is 4.79 Å². The van der Waals surface area contributed by atoms with Crippen molar-refractivity contribution in [2.45, 2.75) is 110 Å². The van der Waals surface area contributed by atoms with Gasteiger partial charge in [-0.05, 0) is 64.9 Å². The molecule has 0 spiro atoms. The van der Waals surface area contributed by atoms with Crippen LogP contribution in [0.4, 0.5) is 4.79 Å². The van der Waals surface area contributed by atoms with Gasteiger partial charge >= 0.3 is 6.09 Å². The fourth-order valence-corrected chi connectivity index (χ4v) is 4.75. The molecule has 1 aliphatic carbocycles. The van der Waals surface area contributed by atoms with Crippen molar-refractivity contribution in [1.82, 2.24) is 16.0 Å². The molecule has 1 fully saturated rings. The fraction of sp³-hybridized carbons (Fsp3) is 0.633. The summed E-state index contributed by atoms with van der Waals surface area (Å²) in [6, 6.07) is 6.16. The van der Waals surface area contributed by atoms with E-state index in [2.05, 4.69) is 16.0 Å². The van der Waals surface area contributed by atoms with Crippen LogP contribution < -0.4 is 16.0 Å². The lowest BCUT2D eigenvalue weighted by Gasteiger charge is -2.32. The Hall–Kier alpha value is -3.27. The number of carbonyl (C=O) groups excluding carboxylic acids is 5. The van der Waals surface area contributed by atoms with Crippen molar-refractivity contribution in [2.75, 3.05) is 0 Å². The molecule has 0 bridgehead atoms. The number of amides is 3. The van der Waals surface area contributed by atoms with E-state index in [1.54, 1.807) is 6.92 Å². The standard InChI is InChI=1S/C30H45N3O7/c1-19(2)15-24(27(36)31-23(17-34)16-22-13-10-14-25(22)35)32-28(37)26(20(3)40-30(4,5)6)33-29(38)39-18-21-11-8-7-9-12-21/h7-9,11-12,17,19-20,22-24,26H,10,13-16,18H2,1-6H3,(H,31,36)(H,32,37)(H,33,38)/t20?,22-,23-,24-,26-/m0/s1. The Labute approximate surface area is 237 Å². The zero-order valence-electron chi connectivity index (χ0n) is 24.5. The number of nitrogens with one attached hydrogen (secondary N) is 3. The van der Waals surface area contributed by atoms with Gasteiger partial charge < -0.3 is 30.2 Å². The molecule has 0 heterocycles. The van der Waals surface area contributed by atoms with Crippen LogP contribution in [0.2, 0.25) is 0 Å². The Morgan fingerprint density at radius 1 is 1.02 bits per heavy atom. The molecule has 1 unspecified atom stereocenters. The zero-order chi connectivity index (χ0) is 29.9. The van der Waals surface area contributed by atoms with E-state index in [1.165, 1.54) is 0 Å². The maximum absolute atomic E-state index is 13.5. The minimum atomic E-state index is -1.16. The fourth-order valence-electron chi connectivity index (χ4n) is 4.75. The molecule has 1 aromatic rings. The Kier molecular flexibility index (Phi) is 12.8. The molecule has 1 aromatic carbocycles. The lowest BCUT2D eigenvalue weighted by atomic mass is 9.97. The van der Waals surface area contributed by atoms with E-state index in [0.29, 0.717) is 25.5 Å². The monoisotopic (exact) mass is 559 g/mol. The highest BCUT2D eigenvalue weighted by atomic mass is 16.6. The van der Waals surface area contributed by atoms with Crippen LogP contribution in [0.3, 0.4) is 0 Å². The Morgan fingerprint density at radius 3 is 2.25 bits per heavy atom. The van der Waals surface area contributed by atoms with Gasteiger partial charge in [0, 0.05) is 12.3 Å². The number of hydrogen-bond acceptors (Lipinski definition) is 7. The number of ether oxygens (including phenoxy) is 2. The molecule has 3 amide bonds. The SMILES string of the molecule is CC(C)C[C@H](NC(=O)[C@@H](NC(=O)OCc1ccccc1)C(C)OC(C)(C)C)C(=O)N[C@H](C=O)C[C@@H]1CCCC1=O. The van der Waals surface area contributed by atoms with Crippen molar-refractivity contribution in [3.63, 3.8) is 0 Å². The number of aldehydes is 1. The summed E-state index contributed by atoms with van der Waals surface area (Å²) < 4.78 is 11.3. The van der Waals surface area contributed by atoms with Gasteiger partial charge in [0.25, 0.3) is 0 Å². The molecule has 5 atom stereocenters. The second-order valence-electron chi connectivity index (χ2n) is 11.9. The summed E-state index contributed by atoms with van der Waals surface area (Å²) in [5, 5.41) is 8.02. The number of alkyl carbamates (subject to hydrolysis) is 1. The van der Waals surface area contributed by atoms with Gasteiger partial charge in [0.2, 0.25) is 11.8 Å². The van der Waals surface area contributed by atoms with Crippen LogP contribution in [-0.4, -0.2) is 59.8 Å². The molecule has 10 heteroatoms. The first kappa shape index (κ1) is 32.9. The molecule has 1 aliphatic rings. The van der Waals surface area contributed by atoms with E-state index in [-0.39, 0.29) is 30.6 Å². The van der Waals surface area contributed by atoms with Gasteiger partial charge in [-0.1, -0.05) is 44.2 Å². The first-order chi connectivity index (χ1) is 18.8. The number of ketones is 1. The predicted molar refractivity (Wildman–Crippen MR) is 150 cm³/mol. The molecule has 10 nitrogen and oxygen atoms in total. The molecule has 1 saturated carbocycles. The van der Waals surface area contributed by atoms with Gasteiger partial charge in [-0.2, -0.15) is 0 Å². The molecule has 0 aliphatic heterocycles. The smallest absolute Gasteiger partial charge is 0.408 e. The highest BCUT2D eigenvalue weighted by Gasteiger charge is 2.35. The molecule has 0 radical (unpaired) electrons. The van der Waals surface area contributed by atoms with E-state index in [1.807, 2.05) is 65.0 Å². The number of carbonyl (C=O) groups is 5. The third-order valence-electron chi connectivity index (χ3n) is 6.58. The molecule has 0 aromatic heterocycles. The first-order valence-corrected chi connectivity index (χ1v) is 14.0. The van der Waals surface area contributed by atoms with Crippen LogP contribution in [0.25, 0.3) is 0 Å². The molecular formula is C30H45N3O7. The van der Waals surface area contributed by atoms with Crippen molar-refractivity contribution in [1.29, 1.82) is 0 Å². The van der Waals surface area contributed by atoms with E-state index in [4.69, 9.17) is 9.47 Å². The van der Waals surface area contributed by atoms with Crippen molar-refractivity contribution < 1.29 is 33.4 Å². The molecule has 2 rings (SSSR count). The Balaban J connectivity index is 2.13. The van der Waals surface area contributed by atoms with Gasteiger partial charge in [0.1, 0.15) is 30.8 Å². The summed E-state index contributed by atoms with van der Waals surface area (Å²) in [5.74, 6) is -1.26. The molecule has 3 N–H and O–H groups in total. The van der Waals surface area contributed by atoms with E-state index >= 15 is 0 Å². The van der Waals surface area contributed by atoms with Crippen molar-refractivity contribution in [2.24, 2.45) is 11.8 Å². The van der Waals surface area contributed by atoms with E-state index in [9.17, 15) is 24.0 Å².